The number of anilines is 1. The molecule has 0 radical (unpaired) electrons. The number of aryl methyl sites for hydroxylation is 1. The minimum absolute atomic E-state index is 0.122. The molecule has 0 aliphatic carbocycles. The largest absolute Gasteiger partial charge is 0.345 e. The van der Waals surface area contributed by atoms with Crippen molar-refractivity contribution in [1.29, 1.82) is 0 Å². The van der Waals surface area contributed by atoms with Crippen LogP contribution < -0.4 is 16.2 Å². The Bertz CT molecular complexity index is 1100. The van der Waals surface area contributed by atoms with Gasteiger partial charge in [-0.3, -0.25) is 19.0 Å². The SMILES string of the molecule is Cc1cc2c(=O)n(CC(=O)NCC(=O)Nc3ccc(F)c(Cl)c3)cnc2s1. The van der Waals surface area contributed by atoms with Crippen molar-refractivity contribution in [2.45, 2.75) is 13.5 Å². The normalized spacial score (nSPS) is 10.8. The molecule has 2 aromatic heterocycles. The highest BCUT2D eigenvalue weighted by Gasteiger charge is 2.11. The van der Waals surface area contributed by atoms with Gasteiger partial charge in [0.15, 0.2) is 0 Å². The van der Waals surface area contributed by atoms with Crippen molar-refractivity contribution in [2.75, 3.05) is 11.9 Å². The highest BCUT2D eigenvalue weighted by Crippen LogP contribution is 2.20. The number of thiophene rings is 1. The van der Waals surface area contributed by atoms with E-state index in [0.717, 1.165) is 10.9 Å². The van der Waals surface area contributed by atoms with E-state index in [1.165, 1.54) is 34.4 Å². The van der Waals surface area contributed by atoms with Crippen molar-refractivity contribution in [2.24, 2.45) is 0 Å². The van der Waals surface area contributed by atoms with Gasteiger partial charge in [0.25, 0.3) is 5.56 Å². The maximum Gasteiger partial charge on any atom is 0.262 e. The minimum Gasteiger partial charge on any atom is -0.345 e. The van der Waals surface area contributed by atoms with Crippen LogP contribution in [-0.4, -0.2) is 27.9 Å². The maximum absolute atomic E-state index is 13.1. The number of amides is 2. The zero-order chi connectivity index (χ0) is 19.6. The van der Waals surface area contributed by atoms with E-state index >= 15 is 0 Å². The van der Waals surface area contributed by atoms with Gasteiger partial charge in [0.2, 0.25) is 11.8 Å². The Labute approximate surface area is 161 Å². The third-order valence-electron chi connectivity index (χ3n) is 3.60. The van der Waals surface area contributed by atoms with Gasteiger partial charge in [-0.2, -0.15) is 0 Å². The molecule has 3 aromatic rings. The van der Waals surface area contributed by atoms with Gasteiger partial charge in [0.1, 0.15) is 17.2 Å². The summed E-state index contributed by atoms with van der Waals surface area (Å²) in [6, 6.07) is 5.47. The van der Waals surface area contributed by atoms with Gasteiger partial charge in [-0.15, -0.1) is 11.3 Å². The summed E-state index contributed by atoms with van der Waals surface area (Å²) in [5, 5.41) is 5.23. The number of hydrogen-bond donors (Lipinski definition) is 2. The van der Waals surface area contributed by atoms with Gasteiger partial charge < -0.3 is 10.6 Å². The van der Waals surface area contributed by atoms with E-state index in [4.69, 9.17) is 11.6 Å². The lowest BCUT2D eigenvalue weighted by Gasteiger charge is -2.08. The topological polar surface area (TPSA) is 93.1 Å². The number of hydrogen-bond acceptors (Lipinski definition) is 5. The third kappa shape index (κ3) is 4.50. The molecule has 7 nitrogen and oxygen atoms in total. The van der Waals surface area contributed by atoms with Gasteiger partial charge in [0.05, 0.1) is 23.3 Å². The van der Waals surface area contributed by atoms with E-state index in [1.54, 1.807) is 6.07 Å². The first-order valence-corrected chi connectivity index (χ1v) is 9.00. The fraction of sp³-hybridized carbons (Fsp3) is 0.176. The summed E-state index contributed by atoms with van der Waals surface area (Å²) in [4.78, 5) is 42.0. The van der Waals surface area contributed by atoms with Crippen molar-refractivity contribution in [1.82, 2.24) is 14.9 Å². The fourth-order valence-electron chi connectivity index (χ4n) is 2.36. The quantitative estimate of drug-likeness (QED) is 0.677. The van der Waals surface area contributed by atoms with Crippen LogP contribution in [0.1, 0.15) is 4.88 Å². The lowest BCUT2D eigenvalue weighted by molar-refractivity contribution is -0.124. The molecule has 140 valence electrons. The van der Waals surface area contributed by atoms with Gasteiger partial charge in [0, 0.05) is 10.6 Å². The molecule has 10 heteroatoms. The van der Waals surface area contributed by atoms with E-state index in [1.807, 2.05) is 6.92 Å². The molecule has 0 unspecified atom stereocenters. The Balaban J connectivity index is 1.58. The van der Waals surface area contributed by atoms with Crippen molar-refractivity contribution < 1.29 is 14.0 Å². The zero-order valence-electron chi connectivity index (χ0n) is 14.1. The molecule has 2 amide bonds. The number of carbonyl (C=O) groups is 2. The molecule has 2 heterocycles. The summed E-state index contributed by atoms with van der Waals surface area (Å²) >= 11 is 7.04. The summed E-state index contributed by atoms with van der Waals surface area (Å²) in [6.07, 6.45) is 1.31. The molecule has 1 aromatic carbocycles. The van der Waals surface area contributed by atoms with Crippen LogP contribution in [0.15, 0.2) is 35.4 Å². The standard InChI is InChI=1S/C17H14ClFN4O3S/c1-9-4-11-16(27-9)21-8-23(17(11)26)7-15(25)20-6-14(24)22-10-2-3-13(19)12(18)5-10/h2-5,8H,6-7H2,1H3,(H,20,25)(H,22,24). The lowest BCUT2D eigenvalue weighted by atomic mass is 10.3. The monoisotopic (exact) mass is 408 g/mol. The zero-order valence-corrected chi connectivity index (χ0v) is 15.7. The molecule has 0 atom stereocenters. The number of halogens is 2. The van der Waals surface area contributed by atoms with Gasteiger partial charge in [-0.05, 0) is 31.2 Å². The Kier molecular flexibility index (Phi) is 5.52. The number of nitrogens with one attached hydrogen (secondary N) is 2. The van der Waals surface area contributed by atoms with Crippen LogP contribution in [0.3, 0.4) is 0 Å². The predicted molar refractivity (Wildman–Crippen MR) is 102 cm³/mol. The van der Waals surface area contributed by atoms with Crippen LogP contribution >= 0.6 is 22.9 Å². The molecule has 3 rings (SSSR count). The molecular weight excluding hydrogens is 395 g/mol. The van der Waals surface area contributed by atoms with Gasteiger partial charge >= 0.3 is 0 Å². The molecule has 0 bridgehead atoms. The molecule has 27 heavy (non-hydrogen) atoms. The smallest absolute Gasteiger partial charge is 0.262 e. The van der Waals surface area contributed by atoms with Crippen molar-refractivity contribution in [3.8, 4) is 0 Å². The van der Waals surface area contributed by atoms with Crippen molar-refractivity contribution >= 4 is 50.7 Å². The highest BCUT2D eigenvalue weighted by atomic mass is 35.5. The van der Waals surface area contributed by atoms with Crippen LogP contribution in [0.25, 0.3) is 10.2 Å². The molecule has 0 saturated heterocycles. The predicted octanol–water partition coefficient (Wildman–Crippen LogP) is 2.31. The van der Waals surface area contributed by atoms with Gasteiger partial charge in [-0.25, -0.2) is 9.37 Å². The van der Waals surface area contributed by atoms with Crippen LogP contribution in [0.5, 0.6) is 0 Å². The first-order valence-electron chi connectivity index (χ1n) is 7.80. The first-order chi connectivity index (χ1) is 12.8. The Morgan fingerprint density at radius 2 is 2.07 bits per heavy atom. The second kappa shape index (κ2) is 7.85. The summed E-state index contributed by atoms with van der Waals surface area (Å²) in [6.45, 7) is 1.30. The molecule has 0 fully saturated rings. The number of nitrogens with zero attached hydrogens (tertiary/aromatic N) is 2. The number of aromatic nitrogens is 2. The van der Waals surface area contributed by atoms with Crippen LogP contribution in [-0.2, 0) is 16.1 Å². The number of carbonyl (C=O) groups excluding carboxylic acids is 2. The second-order valence-corrected chi connectivity index (χ2v) is 7.35. The van der Waals surface area contributed by atoms with E-state index in [9.17, 15) is 18.8 Å². The average Bonchev–Trinajstić information content (AvgIpc) is 3.00. The van der Waals surface area contributed by atoms with E-state index < -0.39 is 17.6 Å². The minimum atomic E-state index is -0.597. The first kappa shape index (κ1) is 19.0. The molecule has 2 N–H and O–H groups in total. The molecular formula is C17H14ClFN4O3S. The number of rotatable bonds is 5. The molecule has 0 aliphatic rings. The van der Waals surface area contributed by atoms with E-state index in [0.29, 0.717) is 15.9 Å². The van der Waals surface area contributed by atoms with Crippen LogP contribution in [0.2, 0.25) is 5.02 Å². The summed E-state index contributed by atoms with van der Waals surface area (Å²) in [5.74, 6) is -1.63. The molecule has 0 saturated carbocycles. The lowest BCUT2D eigenvalue weighted by Crippen LogP contribution is -2.37. The van der Waals surface area contributed by atoms with Crippen molar-refractivity contribution in [3.05, 3.63) is 56.7 Å². The number of fused-ring (bicyclic) bond motifs is 1. The average molecular weight is 409 g/mol. The summed E-state index contributed by atoms with van der Waals surface area (Å²) in [7, 11) is 0. The Hall–Kier alpha value is -2.78. The molecule has 0 aliphatic heterocycles. The Morgan fingerprint density at radius 1 is 1.30 bits per heavy atom. The van der Waals surface area contributed by atoms with Crippen molar-refractivity contribution in [3.63, 3.8) is 0 Å². The van der Waals surface area contributed by atoms with Gasteiger partial charge in [-0.1, -0.05) is 11.6 Å². The Morgan fingerprint density at radius 3 is 2.81 bits per heavy atom. The highest BCUT2D eigenvalue weighted by molar-refractivity contribution is 7.18. The van der Waals surface area contributed by atoms with Crippen LogP contribution in [0, 0.1) is 12.7 Å². The van der Waals surface area contributed by atoms with Crippen LogP contribution in [0.4, 0.5) is 10.1 Å². The molecule has 0 spiro atoms. The second-order valence-electron chi connectivity index (χ2n) is 5.71. The van der Waals surface area contributed by atoms with E-state index in [-0.39, 0.29) is 23.7 Å². The third-order valence-corrected chi connectivity index (χ3v) is 4.85. The number of benzene rings is 1. The fourth-order valence-corrected chi connectivity index (χ4v) is 3.38. The maximum atomic E-state index is 13.1. The van der Waals surface area contributed by atoms with E-state index in [2.05, 4.69) is 15.6 Å². The summed E-state index contributed by atoms with van der Waals surface area (Å²) in [5.41, 5.74) is -0.00995. The summed E-state index contributed by atoms with van der Waals surface area (Å²) < 4.78 is 14.3.